The highest BCUT2D eigenvalue weighted by Crippen LogP contribution is 2.35. The molecule has 1 fully saturated rings. The Morgan fingerprint density at radius 3 is 2.65 bits per heavy atom. The van der Waals surface area contributed by atoms with E-state index < -0.39 is 0 Å². The third-order valence-corrected chi connectivity index (χ3v) is 4.01. The Labute approximate surface area is 109 Å². The second-order valence-corrected chi connectivity index (χ2v) is 5.27. The topological polar surface area (TPSA) is 29.9 Å². The van der Waals surface area contributed by atoms with Gasteiger partial charge in [-0.05, 0) is 31.7 Å². The SMILES string of the molecule is CCNC(Cc1c(Cl)c(CC)nn1C)C1CC1. The van der Waals surface area contributed by atoms with Gasteiger partial charge < -0.3 is 5.32 Å². The van der Waals surface area contributed by atoms with E-state index in [1.54, 1.807) is 0 Å². The fourth-order valence-corrected chi connectivity index (χ4v) is 2.79. The minimum Gasteiger partial charge on any atom is -0.314 e. The van der Waals surface area contributed by atoms with E-state index >= 15 is 0 Å². The number of hydrogen-bond donors (Lipinski definition) is 1. The van der Waals surface area contributed by atoms with E-state index in [-0.39, 0.29) is 0 Å². The Balaban J connectivity index is 2.13. The molecule has 0 aromatic carbocycles. The number of aromatic nitrogens is 2. The first-order valence-corrected chi connectivity index (χ1v) is 6.98. The minimum atomic E-state index is 0.567. The van der Waals surface area contributed by atoms with Crippen molar-refractivity contribution in [3.8, 4) is 0 Å². The molecule has 2 rings (SSSR count). The van der Waals surface area contributed by atoms with Gasteiger partial charge in [0, 0.05) is 19.5 Å². The molecule has 1 atom stereocenters. The summed E-state index contributed by atoms with van der Waals surface area (Å²) in [7, 11) is 2.00. The first-order valence-electron chi connectivity index (χ1n) is 6.61. The Morgan fingerprint density at radius 2 is 2.18 bits per heavy atom. The normalized spacial score (nSPS) is 17.4. The third kappa shape index (κ3) is 2.83. The summed E-state index contributed by atoms with van der Waals surface area (Å²) in [5.74, 6) is 0.839. The largest absolute Gasteiger partial charge is 0.314 e. The molecular weight excluding hydrogens is 234 g/mol. The van der Waals surface area contributed by atoms with Crippen LogP contribution in [0.2, 0.25) is 5.02 Å². The smallest absolute Gasteiger partial charge is 0.0850 e. The molecule has 96 valence electrons. The summed E-state index contributed by atoms with van der Waals surface area (Å²) in [6.45, 7) is 5.29. The van der Waals surface area contributed by atoms with E-state index in [4.69, 9.17) is 11.6 Å². The van der Waals surface area contributed by atoms with Gasteiger partial charge in [0.2, 0.25) is 0 Å². The molecule has 1 aliphatic carbocycles. The fraction of sp³-hybridized carbons (Fsp3) is 0.769. The molecule has 1 unspecified atom stereocenters. The summed E-state index contributed by atoms with van der Waals surface area (Å²) in [5.41, 5.74) is 2.21. The maximum Gasteiger partial charge on any atom is 0.0850 e. The quantitative estimate of drug-likeness (QED) is 0.847. The van der Waals surface area contributed by atoms with Gasteiger partial charge in [-0.2, -0.15) is 5.10 Å². The number of nitrogens with zero attached hydrogens (tertiary/aromatic N) is 2. The molecule has 0 amide bonds. The molecule has 1 aromatic heterocycles. The van der Waals surface area contributed by atoms with Crippen LogP contribution in [0, 0.1) is 5.92 Å². The molecular formula is C13H22ClN3. The second kappa shape index (κ2) is 5.40. The van der Waals surface area contributed by atoms with E-state index in [9.17, 15) is 0 Å². The predicted molar refractivity (Wildman–Crippen MR) is 71.5 cm³/mol. The highest BCUT2D eigenvalue weighted by Gasteiger charge is 2.32. The molecule has 1 heterocycles. The Hall–Kier alpha value is -0.540. The maximum atomic E-state index is 6.39. The Kier molecular flexibility index (Phi) is 4.10. The second-order valence-electron chi connectivity index (χ2n) is 4.89. The summed E-state index contributed by atoms with van der Waals surface area (Å²) in [6, 6.07) is 0.567. The van der Waals surface area contributed by atoms with Crippen molar-refractivity contribution in [3.05, 3.63) is 16.4 Å². The number of rotatable bonds is 6. The van der Waals surface area contributed by atoms with Crippen molar-refractivity contribution < 1.29 is 0 Å². The number of halogens is 1. The average molecular weight is 256 g/mol. The molecule has 0 spiro atoms. The van der Waals surface area contributed by atoms with Crippen molar-refractivity contribution in [2.75, 3.05) is 6.54 Å². The lowest BCUT2D eigenvalue weighted by Crippen LogP contribution is -2.33. The van der Waals surface area contributed by atoms with E-state index in [1.165, 1.54) is 18.5 Å². The first kappa shape index (κ1) is 12.9. The summed E-state index contributed by atoms with van der Waals surface area (Å²) in [4.78, 5) is 0. The first-order chi connectivity index (χ1) is 8.17. The van der Waals surface area contributed by atoms with Gasteiger partial charge in [-0.1, -0.05) is 25.4 Å². The molecule has 0 saturated heterocycles. The van der Waals surface area contributed by atoms with E-state index in [1.807, 2.05) is 11.7 Å². The van der Waals surface area contributed by atoms with Crippen molar-refractivity contribution in [1.29, 1.82) is 0 Å². The van der Waals surface area contributed by atoms with Gasteiger partial charge in [0.05, 0.1) is 16.4 Å². The Morgan fingerprint density at radius 1 is 1.47 bits per heavy atom. The third-order valence-electron chi connectivity index (χ3n) is 3.57. The zero-order valence-electron chi connectivity index (χ0n) is 11.0. The van der Waals surface area contributed by atoms with Crippen molar-refractivity contribution in [2.45, 2.75) is 45.6 Å². The summed E-state index contributed by atoms with van der Waals surface area (Å²) >= 11 is 6.39. The lowest BCUT2D eigenvalue weighted by molar-refractivity contribution is 0.460. The molecule has 0 radical (unpaired) electrons. The molecule has 3 nitrogen and oxygen atoms in total. The molecule has 0 bridgehead atoms. The van der Waals surface area contributed by atoms with Crippen LogP contribution >= 0.6 is 11.6 Å². The fourth-order valence-electron chi connectivity index (χ4n) is 2.42. The molecule has 0 aliphatic heterocycles. The van der Waals surface area contributed by atoms with Crippen LogP contribution in [0.1, 0.15) is 38.1 Å². The molecule has 1 N–H and O–H groups in total. The monoisotopic (exact) mass is 255 g/mol. The lowest BCUT2D eigenvalue weighted by atomic mass is 10.1. The zero-order valence-corrected chi connectivity index (χ0v) is 11.7. The van der Waals surface area contributed by atoms with Gasteiger partial charge in [-0.3, -0.25) is 4.68 Å². The maximum absolute atomic E-state index is 6.39. The lowest BCUT2D eigenvalue weighted by Gasteiger charge is -2.17. The minimum absolute atomic E-state index is 0.567. The number of nitrogens with one attached hydrogen (secondary N) is 1. The van der Waals surface area contributed by atoms with E-state index in [2.05, 4.69) is 24.3 Å². The molecule has 1 saturated carbocycles. The van der Waals surface area contributed by atoms with Gasteiger partial charge in [-0.25, -0.2) is 0 Å². The van der Waals surface area contributed by atoms with E-state index in [0.29, 0.717) is 6.04 Å². The van der Waals surface area contributed by atoms with E-state index in [0.717, 1.165) is 36.0 Å². The standard InChI is InChI=1S/C13H22ClN3/c1-4-10-13(14)12(17(3)16-10)8-11(15-5-2)9-6-7-9/h9,11,15H,4-8H2,1-3H3. The van der Waals surface area contributed by atoms with Crippen LogP contribution in [0.15, 0.2) is 0 Å². The van der Waals surface area contributed by atoms with Crippen molar-refractivity contribution >= 4 is 11.6 Å². The summed E-state index contributed by atoms with van der Waals surface area (Å²) < 4.78 is 1.95. The van der Waals surface area contributed by atoms with Crippen LogP contribution in [-0.2, 0) is 19.9 Å². The van der Waals surface area contributed by atoms with Gasteiger partial charge in [0.1, 0.15) is 0 Å². The Bertz CT molecular complexity index is 382. The van der Waals surface area contributed by atoms with Crippen LogP contribution in [0.4, 0.5) is 0 Å². The van der Waals surface area contributed by atoms with Crippen molar-refractivity contribution in [3.63, 3.8) is 0 Å². The van der Waals surface area contributed by atoms with Gasteiger partial charge in [0.15, 0.2) is 0 Å². The van der Waals surface area contributed by atoms with Crippen LogP contribution in [-0.4, -0.2) is 22.4 Å². The molecule has 1 aliphatic rings. The van der Waals surface area contributed by atoms with Gasteiger partial charge >= 0.3 is 0 Å². The van der Waals surface area contributed by atoms with Crippen LogP contribution in [0.3, 0.4) is 0 Å². The van der Waals surface area contributed by atoms with Crippen molar-refractivity contribution in [2.24, 2.45) is 13.0 Å². The number of likely N-dealkylation sites (N-methyl/N-ethyl adjacent to an activating group) is 1. The molecule has 1 aromatic rings. The predicted octanol–water partition coefficient (Wildman–Crippen LogP) is 2.57. The van der Waals surface area contributed by atoms with Gasteiger partial charge in [-0.15, -0.1) is 0 Å². The van der Waals surface area contributed by atoms with Crippen LogP contribution in [0.5, 0.6) is 0 Å². The number of hydrogen-bond acceptors (Lipinski definition) is 2. The molecule has 17 heavy (non-hydrogen) atoms. The van der Waals surface area contributed by atoms with Crippen molar-refractivity contribution in [1.82, 2.24) is 15.1 Å². The average Bonchev–Trinajstić information content (AvgIpc) is 3.10. The molecule has 4 heteroatoms. The van der Waals surface area contributed by atoms with Crippen LogP contribution in [0.25, 0.3) is 0 Å². The highest BCUT2D eigenvalue weighted by molar-refractivity contribution is 6.31. The summed E-state index contributed by atoms with van der Waals surface area (Å²) in [5, 5.41) is 8.93. The number of aryl methyl sites for hydroxylation is 2. The zero-order chi connectivity index (χ0) is 12.4. The summed E-state index contributed by atoms with van der Waals surface area (Å²) in [6.07, 6.45) is 4.62. The van der Waals surface area contributed by atoms with Gasteiger partial charge in [0.25, 0.3) is 0 Å². The van der Waals surface area contributed by atoms with Crippen LogP contribution < -0.4 is 5.32 Å². The highest BCUT2D eigenvalue weighted by atomic mass is 35.5.